The Balaban J connectivity index is 2.09. The average molecular weight is 459 g/mol. The number of halogens is 1. The predicted molar refractivity (Wildman–Crippen MR) is 144 cm³/mol. The minimum absolute atomic E-state index is 0.568. The van der Waals surface area contributed by atoms with Crippen LogP contribution < -0.4 is 0 Å². The molecule has 2 aromatic carbocycles. The molecule has 0 saturated heterocycles. The topological polar surface area (TPSA) is 0 Å². The van der Waals surface area contributed by atoms with Crippen LogP contribution >= 0.6 is 22.9 Å². The summed E-state index contributed by atoms with van der Waals surface area (Å²) in [5.41, 5.74) is 7.89. The van der Waals surface area contributed by atoms with Crippen molar-refractivity contribution in [2.45, 2.75) is 46.5 Å². The maximum atomic E-state index is 5.90. The normalized spacial score (nSPS) is 11.6. The molecular weight excluding hydrogens is 428 g/mol. The smallest absolute Gasteiger partial charge is 0.0813 e. The first-order valence-electron chi connectivity index (χ1n) is 11.3. The molecule has 0 aliphatic rings. The van der Waals surface area contributed by atoms with E-state index in [9.17, 15) is 0 Å². The lowest BCUT2D eigenvalue weighted by Gasteiger charge is -2.10. The maximum Gasteiger partial charge on any atom is 0.0813 e. The highest BCUT2D eigenvalue weighted by molar-refractivity contribution is 7.16. The van der Waals surface area contributed by atoms with Crippen molar-refractivity contribution in [2.24, 2.45) is 0 Å². The van der Waals surface area contributed by atoms with Crippen LogP contribution in [0.5, 0.6) is 0 Å². The van der Waals surface area contributed by atoms with E-state index in [-0.39, 0.29) is 0 Å². The Hall–Kier alpha value is -2.53. The molecule has 0 atom stereocenters. The van der Waals surface area contributed by atoms with Crippen molar-refractivity contribution >= 4 is 28.5 Å². The Morgan fingerprint density at radius 2 is 1.75 bits per heavy atom. The quantitative estimate of drug-likeness (QED) is 0.179. The van der Waals surface area contributed by atoms with Crippen LogP contribution in [0, 0.1) is 18.8 Å². The van der Waals surface area contributed by atoms with Gasteiger partial charge < -0.3 is 0 Å². The van der Waals surface area contributed by atoms with Gasteiger partial charge in [-0.2, -0.15) is 0 Å². The first-order chi connectivity index (χ1) is 15.7. The summed E-state index contributed by atoms with van der Waals surface area (Å²) in [7, 11) is 0. The monoisotopic (exact) mass is 458 g/mol. The van der Waals surface area contributed by atoms with Gasteiger partial charge in [0, 0.05) is 22.7 Å². The number of alkyl halides is 1. The Kier molecular flexibility index (Phi) is 9.42. The maximum absolute atomic E-state index is 5.90. The van der Waals surface area contributed by atoms with E-state index < -0.39 is 0 Å². The standard InChI is InChI=1S/C30H31ClS/c1-4-12-25(5-2)29-27(16-11-15-24-13-7-6-8-14-24)28(17-9-10-22-31)32-30(29)26-20-18-23(3)19-21-26/h4-8,12-14,18-21H,10-11,15-16,22H2,1-3H3/b12-4-,25-5+. The van der Waals surface area contributed by atoms with Crippen LogP contribution in [0.15, 0.2) is 72.8 Å². The summed E-state index contributed by atoms with van der Waals surface area (Å²) in [6, 6.07) is 19.6. The second kappa shape index (κ2) is 12.5. The molecule has 0 fully saturated rings. The van der Waals surface area contributed by atoms with Crippen molar-refractivity contribution in [3.05, 3.63) is 100.0 Å². The van der Waals surface area contributed by atoms with Crippen LogP contribution in [0.1, 0.15) is 53.8 Å². The molecule has 0 saturated carbocycles. The van der Waals surface area contributed by atoms with E-state index in [0.29, 0.717) is 12.3 Å². The molecule has 0 aliphatic heterocycles. The molecule has 3 rings (SSSR count). The first kappa shape index (κ1) is 24.1. The lowest BCUT2D eigenvalue weighted by Crippen LogP contribution is -1.96. The summed E-state index contributed by atoms with van der Waals surface area (Å²) >= 11 is 7.72. The molecule has 2 heteroatoms. The highest BCUT2D eigenvalue weighted by atomic mass is 35.5. The molecule has 1 aromatic heterocycles. The second-order valence-electron chi connectivity index (χ2n) is 7.80. The van der Waals surface area contributed by atoms with Gasteiger partial charge in [0.25, 0.3) is 0 Å². The van der Waals surface area contributed by atoms with Crippen LogP contribution in [-0.4, -0.2) is 5.88 Å². The van der Waals surface area contributed by atoms with Crippen molar-refractivity contribution in [1.82, 2.24) is 0 Å². The number of hydrogen-bond acceptors (Lipinski definition) is 1. The van der Waals surface area contributed by atoms with Crippen LogP contribution in [-0.2, 0) is 12.8 Å². The number of allylic oxidation sites excluding steroid dienone is 4. The number of aryl methyl sites for hydroxylation is 2. The summed E-state index contributed by atoms with van der Waals surface area (Å²) in [5.74, 6) is 7.31. The van der Waals surface area contributed by atoms with Crippen LogP contribution in [0.2, 0.25) is 0 Å². The molecule has 0 nitrogen and oxygen atoms in total. The van der Waals surface area contributed by atoms with E-state index in [1.54, 1.807) is 0 Å². The Bertz CT molecular complexity index is 1120. The van der Waals surface area contributed by atoms with Gasteiger partial charge in [0.15, 0.2) is 0 Å². The van der Waals surface area contributed by atoms with Crippen LogP contribution in [0.25, 0.3) is 16.0 Å². The molecule has 32 heavy (non-hydrogen) atoms. The van der Waals surface area contributed by atoms with E-state index in [0.717, 1.165) is 19.3 Å². The third-order valence-electron chi connectivity index (χ3n) is 5.42. The molecule has 0 amide bonds. The zero-order chi connectivity index (χ0) is 22.8. The Morgan fingerprint density at radius 1 is 1.00 bits per heavy atom. The molecule has 0 spiro atoms. The van der Waals surface area contributed by atoms with E-state index in [2.05, 4.69) is 105 Å². The number of thiophene rings is 1. The SMILES string of the molecule is C/C=C\C(=C/C)c1c(-c2ccc(C)cc2)sc(C#CCCCl)c1CCCc1ccccc1. The molecule has 3 aromatic rings. The summed E-state index contributed by atoms with van der Waals surface area (Å²) in [6.07, 6.45) is 10.4. The summed E-state index contributed by atoms with van der Waals surface area (Å²) in [6.45, 7) is 6.34. The lowest BCUT2D eigenvalue weighted by molar-refractivity contribution is 0.820. The molecule has 0 aliphatic carbocycles. The van der Waals surface area contributed by atoms with Crippen molar-refractivity contribution < 1.29 is 0 Å². The minimum atomic E-state index is 0.568. The highest BCUT2D eigenvalue weighted by Gasteiger charge is 2.20. The van der Waals surface area contributed by atoms with E-state index in [4.69, 9.17) is 11.6 Å². The van der Waals surface area contributed by atoms with Crippen LogP contribution in [0.4, 0.5) is 0 Å². The van der Waals surface area contributed by atoms with Gasteiger partial charge in [0.1, 0.15) is 0 Å². The molecule has 164 valence electrons. The van der Waals surface area contributed by atoms with E-state index in [1.807, 2.05) is 11.3 Å². The van der Waals surface area contributed by atoms with Crippen molar-refractivity contribution in [3.63, 3.8) is 0 Å². The van der Waals surface area contributed by atoms with Gasteiger partial charge in [-0.05, 0) is 62.3 Å². The van der Waals surface area contributed by atoms with Crippen LogP contribution in [0.3, 0.4) is 0 Å². The molecular formula is C30H31ClS. The molecule has 0 N–H and O–H groups in total. The average Bonchev–Trinajstić information content (AvgIpc) is 3.17. The first-order valence-corrected chi connectivity index (χ1v) is 12.6. The third-order valence-corrected chi connectivity index (χ3v) is 6.81. The fourth-order valence-corrected chi connectivity index (χ4v) is 5.17. The minimum Gasteiger partial charge on any atom is -0.126 e. The van der Waals surface area contributed by atoms with E-state index >= 15 is 0 Å². The molecule has 0 radical (unpaired) electrons. The zero-order valence-electron chi connectivity index (χ0n) is 19.2. The summed E-state index contributed by atoms with van der Waals surface area (Å²) < 4.78 is 0. The number of hydrogen-bond donors (Lipinski definition) is 0. The van der Waals surface area contributed by atoms with Crippen molar-refractivity contribution in [2.75, 3.05) is 5.88 Å². The van der Waals surface area contributed by atoms with E-state index in [1.165, 1.54) is 43.1 Å². The fourth-order valence-electron chi connectivity index (χ4n) is 3.83. The Labute approximate surface area is 202 Å². The van der Waals surface area contributed by atoms with Crippen molar-refractivity contribution in [1.29, 1.82) is 0 Å². The summed E-state index contributed by atoms with van der Waals surface area (Å²) in [4.78, 5) is 2.48. The van der Waals surface area contributed by atoms with Gasteiger partial charge in [-0.3, -0.25) is 0 Å². The molecule has 0 unspecified atom stereocenters. The zero-order valence-corrected chi connectivity index (χ0v) is 20.8. The fraction of sp³-hybridized carbons (Fsp3) is 0.267. The van der Waals surface area contributed by atoms with Gasteiger partial charge in [-0.25, -0.2) is 0 Å². The molecule has 0 bridgehead atoms. The van der Waals surface area contributed by atoms with Gasteiger partial charge in [0.2, 0.25) is 0 Å². The second-order valence-corrected chi connectivity index (χ2v) is 9.20. The van der Waals surface area contributed by atoms with Gasteiger partial charge in [-0.1, -0.05) is 90.2 Å². The number of benzene rings is 2. The van der Waals surface area contributed by atoms with Gasteiger partial charge >= 0.3 is 0 Å². The lowest BCUT2D eigenvalue weighted by atomic mass is 9.93. The highest BCUT2D eigenvalue weighted by Crippen LogP contribution is 2.42. The van der Waals surface area contributed by atoms with Gasteiger partial charge in [0.05, 0.1) is 4.88 Å². The predicted octanol–water partition coefficient (Wildman–Crippen LogP) is 8.86. The van der Waals surface area contributed by atoms with Crippen molar-refractivity contribution in [3.8, 4) is 22.3 Å². The van der Waals surface area contributed by atoms with Gasteiger partial charge in [-0.15, -0.1) is 22.9 Å². The largest absolute Gasteiger partial charge is 0.126 e. The number of rotatable bonds is 8. The third kappa shape index (κ3) is 6.26. The summed E-state index contributed by atoms with van der Waals surface area (Å²) in [5, 5.41) is 0. The Morgan fingerprint density at radius 3 is 2.41 bits per heavy atom. The molecule has 1 heterocycles.